The van der Waals surface area contributed by atoms with E-state index in [4.69, 9.17) is 11.6 Å². The number of rotatable bonds is 7. The second-order valence-electron chi connectivity index (χ2n) is 3.01. The second kappa shape index (κ2) is 6.63. The van der Waals surface area contributed by atoms with Gasteiger partial charge in [0.05, 0.1) is 6.61 Å². The molecule has 0 aromatic carbocycles. The molecule has 0 spiro atoms. The zero-order valence-electron chi connectivity index (χ0n) is 8.55. The Morgan fingerprint density at radius 3 is 2.44 bits per heavy atom. The van der Waals surface area contributed by atoms with Crippen molar-refractivity contribution in [2.45, 2.75) is 31.3 Å². The maximum absolute atomic E-state index is 11.7. The monoisotopic (exact) mass is 283 g/mol. The van der Waals surface area contributed by atoms with E-state index in [9.17, 15) is 21.6 Å². The quantitative estimate of drug-likeness (QED) is 0.725. The first-order valence-electron chi connectivity index (χ1n) is 4.51. The van der Waals surface area contributed by atoms with Gasteiger partial charge in [0.1, 0.15) is 6.54 Å². The summed E-state index contributed by atoms with van der Waals surface area (Å²) in [4.78, 5) is 0. The molecule has 1 unspecified atom stereocenters. The third-order valence-electron chi connectivity index (χ3n) is 1.56. The van der Waals surface area contributed by atoms with Crippen LogP contribution in [0.25, 0.3) is 0 Å². The van der Waals surface area contributed by atoms with Crippen molar-refractivity contribution >= 4 is 21.9 Å². The van der Waals surface area contributed by atoms with Crippen molar-refractivity contribution in [1.82, 2.24) is 4.72 Å². The standard InChI is InChI=1S/C7H13ClF3NO3S/c1-2-6(8)3-4-15-16(13,14)12-5-7(9,10)11/h6,12H,2-5H2,1H3. The zero-order valence-corrected chi connectivity index (χ0v) is 10.1. The lowest BCUT2D eigenvalue weighted by molar-refractivity contribution is -0.121. The number of hydrogen-bond acceptors (Lipinski definition) is 3. The van der Waals surface area contributed by atoms with Gasteiger partial charge in [0, 0.05) is 5.38 Å². The molecule has 0 aromatic rings. The van der Waals surface area contributed by atoms with E-state index in [1.165, 1.54) is 4.72 Å². The van der Waals surface area contributed by atoms with Gasteiger partial charge in [-0.3, -0.25) is 4.18 Å². The van der Waals surface area contributed by atoms with Crippen LogP contribution in [0.4, 0.5) is 13.2 Å². The predicted octanol–water partition coefficient (Wildman–Crippen LogP) is 1.81. The number of alkyl halides is 4. The largest absolute Gasteiger partial charge is 0.402 e. The molecular formula is C7H13ClF3NO3S. The van der Waals surface area contributed by atoms with Crippen molar-refractivity contribution in [3.05, 3.63) is 0 Å². The Hall–Kier alpha value is -0.0500. The summed E-state index contributed by atoms with van der Waals surface area (Å²) in [5, 5.41) is -0.252. The fraction of sp³-hybridized carbons (Fsp3) is 1.00. The van der Waals surface area contributed by atoms with Crippen LogP contribution in [0.5, 0.6) is 0 Å². The normalized spacial score (nSPS) is 15.1. The van der Waals surface area contributed by atoms with Crippen LogP contribution in [0.15, 0.2) is 0 Å². The van der Waals surface area contributed by atoms with Crippen molar-refractivity contribution in [2.24, 2.45) is 0 Å². The van der Waals surface area contributed by atoms with Crippen LogP contribution >= 0.6 is 11.6 Å². The predicted molar refractivity (Wildman–Crippen MR) is 53.5 cm³/mol. The highest BCUT2D eigenvalue weighted by molar-refractivity contribution is 7.84. The number of hydrogen-bond donors (Lipinski definition) is 1. The third kappa shape index (κ3) is 9.20. The third-order valence-corrected chi connectivity index (χ3v) is 3.06. The Kier molecular flexibility index (Phi) is 6.61. The van der Waals surface area contributed by atoms with Crippen molar-refractivity contribution in [1.29, 1.82) is 0 Å². The molecule has 0 aliphatic rings. The Bertz CT molecular complexity index is 294. The van der Waals surface area contributed by atoms with Crippen LogP contribution in [0.3, 0.4) is 0 Å². The molecule has 0 amide bonds. The van der Waals surface area contributed by atoms with E-state index < -0.39 is 23.0 Å². The molecule has 0 radical (unpaired) electrons. The van der Waals surface area contributed by atoms with Crippen LogP contribution in [0.2, 0.25) is 0 Å². The van der Waals surface area contributed by atoms with Crippen molar-refractivity contribution < 1.29 is 25.8 Å². The van der Waals surface area contributed by atoms with E-state index in [-0.39, 0.29) is 18.4 Å². The van der Waals surface area contributed by atoms with Crippen LogP contribution < -0.4 is 4.72 Å². The maximum atomic E-state index is 11.7. The first-order valence-corrected chi connectivity index (χ1v) is 6.35. The smallest absolute Gasteiger partial charge is 0.258 e. The van der Waals surface area contributed by atoms with Crippen molar-refractivity contribution in [3.8, 4) is 0 Å². The molecule has 0 saturated heterocycles. The van der Waals surface area contributed by atoms with Gasteiger partial charge in [-0.15, -0.1) is 11.6 Å². The fourth-order valence-corrected chi connectivity index (χ4v) is 1.53. The molecule has 98 valence electrons. The summed E-state index contributed by atoms with van der Waals surface area (Å²) in [6, 6.07) is 0. The number of halogens is 4. The molecule has 4 nitrogen and oxygen atoms in total. The summed E-state index contributed by atoms with van der Waals surface area (Å²) in [6.45, 7) is -0.0866. The van der Waals surface area contributed by atoms with Crippen molar-refractivity contribution in [3.63, 3.8) is 0 Å². The molecule has 0 aliphatic heterocycles. The van der Waals surface area contributed by atoms with Gasteiger partial charge < -0.3 is 0 Å². The Morgan fingerprint density at radius 2 is 2.00 bits per heavy atom. The van der Waals surface area contributed by atoms with E-state index >= 15 is 0 Å². The summed E-state index contributed by atoms with van der Waals surface area (Å²) in [5.41, 5.74) is 0. The Balaban J connectivity index is 3.89. The molecular weight excluding hydrogens is 271 g/mol. The lowest BCUT2D eigenvalue weighted by Crippen LogP contribution is -2.35. The molecule has 0 aromatic heterocycles. The Morgan fingerprint density at radius 1 is 1.44 bits per heavy atom. The molecule has 9 heteroatoms. The minimum absolute atomic E-state index is 0.241. The summed E-state index contributed by atoms with van der Waals surface area (Å²) in [6.07, 6.45) is -3.72. The SMILES string of the molecule is CCC(Cl)CCOS(=O)(=O)NCC(F)(F)F. The van der Waals surface area contributed by atoms with Gasteiger partial charge in [0.2, 0.25) is 0 Å². The minimum Gasteiger partial charge on any atom is -0.258 e. The van der Waals surface area contributed by atoms with Gasteiger partial charge in [-0.2, -0.15) is 26.3 Å². The summed E-state index contributed by atoms with van der Waals surface area (Å²) < 4.78 is 62.3. The maximum Gasteiger partial charge on any atom is 0.402 e. The summed E-state index contributed by atoms with van der Waals surface area (Å²) in [5.74, 6) is 0. The van der Waals surface area contributed by atoms with Gasteiger partial charge in [-0.05, 0) is 12.8 Å². The molecule has 0 heterocycles. The van der Waals surface area contributed by atoms with Crippen LogP contribution in [0, 0.1) is 0 Å². The molecule has 0 aliphatic carbocycles. The molecule has 0 rings (SSSR count). The molecule has 16 heavy (non-hydrogen) atoms. The minimum atomic E-state index is -4.60. The lowest BCUT2D eigenvalue weighted by Gasteiger charge is -2.10. The van der Waals surface area contributed by atoms with E-state index in [0.717, 1.165) is 0 Å². The van der Waals surface area contributed by atoms with Gasteiger partial charge in [0.15, 0.2) is 0 Å². The molecule has 0 saturated carbocycles. The van der Waals surface area contributed by atoms with E-state index in [1.807, 2.05) is 0 Å². The van der Waals surface area contributed by atoms with Gasteiger partial charge in [-0.1, -0.05) is 6.92 Å². The average molecular weight is 284 g/mol. The van der Waals surface area contributed by atoms with Crippen molar-refractivity contribution in [2.75, 3.05) is 13.2 Å². The number of nitrogens with one attached hydrogen (secondary N) is 1. The first kappa shape index (κ1) is 16.0. The first-order chi connectivity index (χ1) is 7.16. The zero-order chi connectivity index (χ0) is 12.8. The van der Waals surface area contributed by atoms with Crippen LogP contribution in [0.1, 0.15) is 19.8 Å². The fourth-order valence-electron chi connectivity index (χ4n) is 0.702. The van der Waals surface area contributed by atoms with Gasteiger partial charge >= 0.3 is 16.5 Å². The topological polar surface area (TPSA) is 55.4 Å². The second-order valence-corrected chi connectivity index (χ2v) is 5.06. The molecule has 1 atom stereocenters. The Labute approximate surface area is 97.4 Å². The molecule has 1 N–H and O–H groups in total. The lowest BCUT2D eigenvalue weighted by atomic mass is 10.3. The van der Waals surface area contributed by atoms with E-state index in [2.05, 4.69) is 4.18 Å². The summed E-state index contributed by atoms with van der Waals surface area (Å²) >= 11 is 5.67. The van der Waals surface area contributed by atoms with Gasteiger partial charge in [-0.25, -0.2) is 0 Å². The highest BCUT2D eigenvalue weighted by Crippen LogP contribution is 2.13. The average Bonchev–Trinajstić information content (AvgIpc) is 2.13. The molecule has 0 bridgehead atoms. The molecule has 0 fully saturated rings. The van der Waals surface area contributed by atoms with E-state index in [0.29, 0.717) is 6.42 Å². The highest BCUT2D eigenvalue weighted by atomic mass is 35.5. The van der Waals surface area contributed by atoms with Crippen LogP contribution in [-0.4, -0.2) is 33.1 Å². The highest BCUT2D eigenvalue weighted by Gasteiger charge is 2.29. The summed E-state index contributed by atoms with van der Waals surface area (Å²) in [7, 11) is -4.35. The van der Waals surface area contributed by atoms with E-state index in [1.54, 1.807) is 6.92 Å². The van der Waals surface area contributed by atoms with Crippen LogP contribution in [-0.2, 0) is 14.5 Å². The van der Waals surface area contributed by atoms with Gasteiger partial charge in [0.25, 0.3) is 0 Å².